The molecule has 0 spiro atoms. The summed E-state index contributed by atoms with van der Waals surface area (Å²) in [6, 6.07) is 17.9. The predicted molar refractivity (Wildman–Crippen MR) is 87.3 cm³/mol. The van der Waals surface area contributed by atoms with Gasteiger partial charge in [-0.15, -0.1) is 0 Å². The van der Waals surface area contributed by atoms with Gasteiger partial charge in [0.1, 0.15) is 0 Å². The number of fused-ring (bicyclic) bond motifs is 1. The van der Waals surface area contributed by atoms with Crippen molar-refractivity contribution in [3.63, 3.8) is 0 Å². The second kappa shape index (κ2) is 5.93. The maximum Gasteiger partial charge on any atom is 0.340 e. The van der Waals surface area contributed by atoms with Crippen LogP contribution in [0.4, 0.5) is 5.69 Å². The van der Waals surface area contributed by atoms with Crippen LogP contribution in [-0.4, -0.2) is 24.5 Å². The molecule has 2 aromatic heterocycles. The van der Waals surface area contributed by atoms with Crippen LogP contribution in [0.1, 0.15) is 16.1 Å². The molecule has 0 atom stereocenters. The topological polar surface area (TPSA) is 34.0 Å². The predicted octanol–water partition coefficient (Wildman–Crippen LogP) is 3.36. The summed E-state index contributed by atoms with van der Waals surface area (Å²) in [6.07, 6.45) is 1.97. The van der Waals surface area contributed by atoms with E-state index in [1.807, 2.05) is 60.1 Å². The van der Waals surface area contributed by atoms with E-state index in [4.69, 9.17) is 4.74 Å². The van der Waals surface area contributed by atoms with Crippen molar-refractivity contribution in [1.29, 1.82) is 0 Å². The molecule has 3 rings (SSSR count). The van der Waals surface area contributed by atoms with Crippen molar-refractivity contribution in [3.05, 3.63) is 72.1 Å². The molecule has 0 saturated heterocycles. The molecule has 0 N–H and O–H groups in total. The Morgan fingerprint density at radius 2 is 1.86 bits per heavy atom. The lowest BCUT2D eigenvalue weighted by Gasteiger charge is -2.19. The van der Waals surface area contributed by atoms with Gasteiger partial charge in [-0.1, -0.05) is 24.3 Å². The number of ether oxygens (including phenoxy) is 1. The van der Waals surface area contributed by atoms with Crippen molar-refractivity contribution < 1.29 is 9.53 Å². The zero-order chi connectivity index (χ0) is 15.5. The zero-order valence-corrected chi connectivity index (χ0v) is 12.7. The quantitative estimate of drug-likeness (QED) is 0.692. The van der Waals surface area contributed by atoms with Crippen LogP contribution in [-0.2, 0) is 11.3 Å². The number of anilines is 1. The number of esters is 1. The Hall–Kier alpha value is -2.75. The summed E-state index contributed by atoms with van der Waals surface area (Å²) >= 11 is 0. The number of carbonyl (C=O) groups is 1. The van der Waals surface area contributed by atoms with Gasteiger partial charge in [-0.05, 0) is 30.3 Å². The maximum atomic E-state index is 11.9. The number of nitrogens with zero attached hydrogens (tertiary/aromatic N) is 2. The van der Waals surface area contributed by atoms with Crippen LogP contribution in [0.25, 0.3) is 5.52 Å². The van der Waals surface area contributed by atoms with E-state index in [1.54, 1.807) is 0 Å². The van der Waals surface area contributed by atoms with Crippen LogP contribution >= 0.6 is 0 Å². The molecule has 4 heteroatoms. The average molecular weight is 294 g/mol. The highest BCUT2D eigenvalue weighted by atomic mass is 16.5. The van der Waals surface area contributed by atoms with Crippen LogP contribution in [0.5, 0.6) is 0 Å². The fourth-order valence-electron chi connectivity index (χ4n) is 2.64. The standard InChI is InChI=1S/C18H18N2O2/c1-19(14-8-4-3-5-9-14)13-15-12-16(18(21)22-2)17-10-6-7-11-20(15)17/h3-12H,13H2,1-2H3. The van der Waals surface area contributed by atoms with Gasteiger partial charge in [-0.2, -0.15) is 0 Å². The van der Waals surface area contributed by atoms with Gasteiger partial charge >= 0.3 is 5.97 Å². The third kappa shape index (κ3) is 2.55. The molecular formula is C18H18N2O2. The smallest absolute Gasteiger partial charge is 0.340 e. The van der Waals surface area contributed by atoms with Crippen LogP contribution in [0.2, 0.25) is 0 Å². The highest BCUT2D eigenvalue weighted by Crippen LogP contribution is 2.21. The lowest BCUT2D eigenvalue weighted by molar-refractivity contribution is 0.0603. The van der Waals surface area contributed by atoms with Gasteiger partial charge in [-0.25, -0.2) is 4.79 Å². The minimum atomic E-state index is -0.308. The lowest BCUT2D eigenvalue weighted by Crippen LogP contribution is -2.17. The summed E-state index contributed by atoms with van der Waals surface area (Å²) in [6.45, 7) is 0.701. The van der Waals surface area contributed by atoms with E-state index < -0.39 is 0 Å². The molecule has 0 amide bonds. The van der Waals surface area contributed by atoms with E-state index in [0.717, 1.165) is 16.9 Å². The summed E-state index contributed by atoms with van der Waals surface area (Å²) in [4.78, 5) is 14.1. The SMILES string of the molecule is COC(=O)c1cc(CN(C)c2ccccc2)n2ccccc12. The first-order chi connectivity index (χ1) is 10.7. The fourth-order valence-corrected chi connectivity index (χ4v) is 2.64. The zero-order valence-electron chi connectivity index (χ0n) is 12.7. The highest BCUT2D eigenvalue weighted by molar-refractivity contribution is 5.97. The van der Waals surface area contributed by atoms with E-state index in [2.05, 4.69) is 17.0 Å². The van der Waals surface area contributed by atoms with E-state index in [-0.39, 0.29) is 5.97 Å². The molecule has 112 valence electrons. The minimum absolute atomic E-state index is 0.308. The molecule has 0 unspecified atom stereocenters. The van der Waals surface area contributed by atoms with Crippen molar-refractivity contribution in [2.24, 2.45) is 0 Å². The first-order valence-corrected chi connectivity index (χ1v) is 7.14. The summed E-state index contributed by atoms with van der Waals surface area (Å²) in [5.41, 5.74) is 3.64. The monoisotopic (exact) mass is 294 g/mol. The number of carbonyl (C=O) groups excluding carboxylic acids is 1. The maximum absolute atomic E-state index is 11.9. The molecule has 0 aliphatic carbocycles. The first kappa shape index (κ1) is 14.2. The second-order valence-corrected chi connectivity index (χ2v) is 5.19. The van der Waals surface area contributed by atoms with Crippen LogP contribution in [0, 0.1) is 0 Å². The molecule has 0 aliphatic rings. The summed E-state index contributed by atoms with van der Waals surface area (Å²) in [5.74, 6) is -0.308. The van der Waals surface area contributed by atoms with Crippen molar-refractivity contribution in [1.82, 2.24) is 4.40 Å². The Balaban J connectivity index is 1.99. The molecule has 0 fully saturated rings. The number of rotatable bonds is 4. The largest absolute Gasteiger partial charge is 0.465 e. The van der Waals surface area contributed by atoms with Gasteiger partial charge in [0, 0.05) is 24.6 Å². The number of aromatic nitrogens is 1. The first-order valence-electron chi connectivity index (χ1n) is 7.14. The third-order valence-corrected chi connectivity index (χ3v) is 3.76. The van der Waals surface area contributed by atoms with Crippen LogP contribution in [0.15, 0.2) is 60.8 Å². The second-order valence-electron chi connectivity index (χ2n) is 5.19. The Morgan fingerprint density at radius 3 is 2.59 bits per heavy atom. The Bertz CT molecular complexity index is 793. The number of para-hydroxylation sites is 1. The summed E-state index contributed by atoms with van der Waals surface area (Å²) < 4.78 is 6.91. The fraction of sp³-hybridized carbons (Fsp3) is 0.167. The van der Waals surface area contributed by atoms with Crippen molar-refractivity contribution >= 4 is 17.2 Å². The van der Waals surface area contributed by atoms with Crippen molar-refractivity contribution in [3.8, 4) is 0 Å². The molecular weight excluding hydrogens is 276 g/mol. The van der Waals surface area contributed by atoms with Gasteiger partial charge in [0.2, 0.25) is 0 Å². The molecule has 0 aliphatic heterocycles. The van der Waals surface area contributed by atoms with Gasteiger partial charge in [0.25, 0.3) is 0 Å². The van der Waals surface area contributed by atoms with Crippen LogP contribution in [0.3, 0.4) is 0 Å². The Kier molecular flexibility index (Phi) is 3.83. The Morgan fingerprint density at radius 1 is 1.14 bits per heavy atom. The van der Waals surface area contributed by atoms with Crippen molar-refractivity contribution in [2.75, 3.05) is 19.1 Å². The molecule has 1 aromatic carbocycles. The molecule has 0 radical (unpaired) electrons. The summed E-state index contributed by atoms with van der Waals surface area (Å²) in [5, 5.41) is 0. The van der Waals surface area contributed by atoms with Crippen LogP contribution < -0.4 is 4.90 Å². The van der Waals surface area contributed by atoms with Gasteiger partial charge in [-0.3, -0.25) is 0 Å². The Labute approximate surface area is 129 Å². The lowest BCUT2D eigenvalue weighted by atomic mass is 10.2. The van der Waals surface area contributed by atoms with Gasteiger partial charge < -0.3 is 14.0 Å². The van der Waals surface area contributed by atoms with E-state index in [9.17, 15) is 4.79 Å². The molecule has 4 nitrogen and oxygen atoms in total. The molecule has 22 heavy (non-hydrogen) atoms. The normalized spacial score (nSPS) is 10.6. The average Bonchev–Trinajstić information content (AvgIpc) is 2.94. The van der Waals surface area contributed by atoms with Gasteiger partial charge in [0.15, 0.2) is 0 Å². The number of methoxy groups -OCH3 is 1. The number of benzene rings is 1. The molecule has 0 saturated carbocycles. The van der Waals surface area contributed by atoms with Crippen molar-refractivity contribution in [2.45, 2.75) is 6.54 Å². The minimum Gasteiger partial charge on any atom is -0.465 e. The summed E-state index contributed by atoms with van der Waals surface area (Å²) in [7, 11) is 3.44. The molecule has 3 aromatic rings. The molecule has 0 bridgehead atoms. The third-order valence-electron chi connectivity index (χ3n) is 3.76. The van der Waals surface area contributed by atoms with E-state index >= 15 is 0 Å². The number of hydrogen-bond acceptors (Lipinski definition) is 3. The van der Waals surface area contributed by atoms with Gasteiger partial charge in [0.05, 0.1) is 24.7 Å². The number of hydrogen-bond donors (Lipinski definition) is 0. The number of pyridine rings is 1. The van der Waals surface area contributed by atoms with E-state index in [0.29, 0.717) is 12.1 Å². The van der Waals surface area contributed by atoms with E-state index in [1.165, 1.54) is 7.11 Å². The highest BCUT2D eigenvalue weighted by Gasteiger charge is 2.16. The molecule has 2 heterocycles.